The van der Waals surface area contributed by atoms with E-state index in [4.69, 9.17) is 11.6 Å². The summed E-state index contributed by atoms with van der Waals surface area (Å²) in [6, 6.07) is 7.69. The number of anilines is 1. The quantitative estimate of drug-likeness (QED) is 0.817. The summed E-state index contributed by atoms with van der Waals surface area (Å²) in [5.74, 6) is 0.639. The molecule has 0 aliphatic heterocycles. The molecule has 0 saturated carbocycles. The van der Waals surface area contributed by atoms with Crippen molar-refractivity contribution in [3.05, 3.63) is 41.7 Å². The van der Waals surface area contributed by atoms with Crippen LogP contribution in [0.3, 0.4) is 0 Å². The van der Waals surface area contributed by atoms with Gasteiger partial charge in [-0.2, -0.15) is 0 Å². The number of halogens is 1. The van der Waals surface area contributed by atoms with Gasteiger partial charge in [-0.1, -0.05) is 49.4 Å². The number of allylic oxidation sites excluding steroid dienone is 1. The largest absolute Gasteiger partial charge is 0.304 e. The number of nitrogens with zero attached hydrogens (tertiary/aromatic N) is 2. The van der Waals surface area contributed by atoms with Gasteiger partial charge in [0.15, 0.2) is 11.0 Å². The number of rotatable bonds is 4. The van der Waals surface area contributed by atoms with E-state index in [0.717, 1.165) is 22.9 Å². The van der Waals surface area contributed by atoms with Crippen LogP contribution in [0.4, 0.5) is 5.82 Å². The molecule has 1 heterocycles. The summed E-state index contributed by atoms with van der Waals surface area (Å²) < 4.78 is 0. The maximum Gasteiger partial charge on any atom is 0.175 e. The molecule has 0 spiro atoms. The smallest absolute Gasteiger partial charge is 0.175 e. The number of hydrazine groups is 1. The molecule has 0 radical (unpaired) electrons. The van der Waals surface area contributed by atoms with Gasteiger partial charge in [-0.05, 0) is 6.42 Å². The average molecular weight is 249 g/mol. The first-order valence-corrected chi connectivity index (χ1v) is 5.71. The fraction of sp³-hybridized carbons (Fsp3) is 0.167. The first-order valence-electron chi connectivity index (χ1n) is 5.33. The van der Waals surface area contributed by atoms with Crippen molar-refractivity contribution >= 4 is 28.2 Å². The number of benzene rings is 1. The van der Waals surface area contributed by atoms with Gasteiger partial charge in [0.2, 0.25) is 0 Å². The van der Waals surface area contributed by atoms with E-state index in [2.05, 4.69) is 27.6 Å². The molecule has 0 atom stereocenters. The number of fused-ring (bicyclic) bond motifs is 1. The van der Waals surface area contributed by atoms with Gasteiger partial charge in [0, 0.05) is 16.5 Å². The van der Waals surface area contributed by atoms with Crippen molar-refractivity contribution in [2.24, 2.45) is 0 Å². The maximum absolute atomic E-state index is 5.98. The summed E-state index contributed by atoms with van der Waals surface area (Å²) >= 11 is 5.98. The van der Waals surface area contributed by atoms with Crippen molar-refractivity contribution in [3.63, 3.8) is 0 Å². The van der Waals surface area contributed by atoms with Crippen LogP contribution in [0.25, 0.3) is 10.8 Å². The third-order valence-electron chi connectivity index (χ3n) is 2.43. The molecule has 1 aromatic carbocycles. The summed E-state index contributed by atoms with van der Waals surface area (Å²) in [7, 11) is 0. The normalized spacial score (nSPS) is 10.2. The van der Waals surface area contributed by atoms with Crippen LogP contribution in [0.15, 0.2) is 36.5 Å². The standard InChI is InChI=1S/C12H13ClN4/c1-3-8(2)14-16-12-10-7-5-4-6-9(10)11(13)15-17-12/h4-7,14H,2-3H2,1H3,(H,16,17). The minimum Gasteiger partial charge on any atom is -0.304 e. The fourth-order valence-electron chi connectivity index (χ4n) is 1.40. The fourth-order valence-corrected chi connectivity index (χ4v) is 1.60. The Morgan fingerprint density at radius 2 is 2.00 bits per heavy atom. The molecule has 0 bridgehead atoms. The van der Waals surface area contributed by atoms with Gasteiger partial charge in [-0.15, -0.1) is 10.2 Å². The molecule has 2 aromatic rings. The Labute approximate surface area is 105 Å². The molecular weight excluding hydrogens is 236 g/mol. The molecule has 2 rings (SSSR count). The second-order valence-corrected chi connectivity index (χ2v) is 3.95. The van der Waals surface area contributed by atoms with Crippen LogP contribution in [0.2, 0.25) is 5.15 Å². The minimum absolute atomic E-state index is 0.403. The van der Waals surface area contributed by atoms with Crippen LogP contribution >= 0.6 is 11.6 Å². The average Bonchev–Trinajstić information content (AvgIpc) is 2.38. The summed E-state index contributed by atoms with van der Waals surface area (Å²) in [5, 5.41) is 10.1. The molecule has 2 N–H and O–H groups in total. The molecule has 17 heavy (non-hydrogen) atoms. The molecule has 5 heteroatoms. The maximum atomic E-state index is 5.98. The molecular formula is C12H13ClN4. The second-order valence-electron chi connectivity index (χ2n) is 3.59. The Morgan fingerprint density at radius 1 is 1.29 bits per heavy atom. The first kappa shape index (κ1) is 11.7. The summed E-state index contributed by atoms with van der Waals surface area (Å²) in [4.78, 5) is 0. The number of nitrogens with one attached hydrogen (secondary N) is 2. The van der Waals surface area contributed by atoms with Crippen LogP contribution in [0.1, 0.15) is 13.3 Å². The van der Waals surface area contributed by atoms with Gasteiger partial charge in [0.1, 0.15) is 0 Å². The number of hydrogen-bond donors (Lipinski definition) is 2. The van der Waals surface area contributed by atoms with E-state index in [1.807, 2.05) is 31.2 Å². The van der Waals surface area contributed by atoms with E-state index >= 15 is 0 Å². The van der Waals surface area contributed by atoms with E-state index in [1.165, 1.54) is 0 Å². The Balaban J connectivity index is 2.35. The van der Waals surface area contributed by atoms with Crippen molar-refractivity contribution in [2.75, 3.05) is 5.43 Å². The van der Waals surface area contributed by atoms with Crippen molar-refractivity contribution in [3.8, 4) is 0 Å². The van der Waals surface area contributed by atoms with Crippen LogP contribution in [-0.2, 0) is 0 Å². The minimum atomic E-state index is 0.403. The lowest BCUT2D eigenvalue weighted by Crippen LogP contribution is -2.21. The van der Waals surface area contributed by atoms with E-state index in [0.29, 0.717) is 11.0 Å². The molecule has 4 nitrogen and oxygen atoms in total. The Bertz CT molecular complexity index is 553. The van der Waals surface area contributed by atoms with Crippen LogP contribution in [-0.4, -0.2) is 10.2 Å². The molecule has 88 valence electrons. The monoisotopic (exact) mass is 248 g/mol. The zero-order valence-corrected chi connectivity index (χ0v) is 10.3. The molecule has 1 aromatic heterocycles. The lowest BCUT2D eigenvalue weighted by Gasteiger charge is -2.11. The van der Waals surface area contributed by atoms with Crippen LogP contribution in [0, 0.1) is 0 Å². The van der Waals surface area contributed by atoms with Gasteiger partial charge < -0.3 is 5.43 Å². The SMILES string of the molecule is C=C(CC)NNc1nnc(Cl)c2ccccc12. The van der Waals surface area contributed by atoms with E-state index < -0.39 is 0 Å². The second kappa shape index (κ2) is 5.01. The Kier molecular flexibility index (Phi) is 3.44. The van der Waals surface area contributed by atoms with Crippen molar-refractivity contribution in [1.29, 1.82) is 0 Å². The third-order valence-corrected chi connectivity index (χ3v) is 2.71. The van der Waals surface area contributed by atoms with E-state index in [1.54, 1.807) is 0 Å². The Hall–Kier alpha value is -1.81. The van der Waals surface area contributed by atoms with E-state index in [-0.39, 0.29) is 0 Å². The summed E-state index contributed by atoms with van der Waals surface area (Å²) in [5.41, 5.74) is 6.83. The first-order chi connectivity index (χ1) is 8.22. The number of aromatic nitrogens is 2. The van der Waals surface area contributed by atoms with E-state index in [9.17, 15) is 0 Å². The van der Waals surface area contributed by atoms with Gasteiger partial charge >= 0.3 is 0 Å². The highest BCUT2D eigenvalue weighted by molar-refractivity contribution is 6.34. The van der Waals surface area contributed by atoms with Gasteiger partial charge in [0.05, 0.1) is 0 Å². The lowest BCUT2D eigenvalue weighted by molar-refractivity contribution is 0.874. The third kappa shape index (κ3) is 2.47. The predicted molar refractivity (Wildman–Crippen MR) is 70.7 cm³/mol. The topological polar surface area (TPSA) is 49.8 Å². The zero-order valence-electron chi connectivity index (χ0n) is 9.50. The molecule has 0 amide bonds. The van der Waals surface area contributed by atoms with Crippen molar-refractivity contribution < 1.29 is 0 Å². The van der Waals surface area contributed by atoms with Gasteiger partial charge in [0.25, 0.3) is 0 Å². The summed E-state index contributed by atoms with van der Waals surface area (Å²) in [6.07, 6.45) is 0.839. The highest BCUT2D eigenvalue weighted by Gasteiger charge is 2.06. The van der Waals surface area contributed by atoms with Crippen LogP contribution in [0.5, 0.6) is 0 Å². The molecule has 0 fully saturated rings. The zero-order chi connectivity index (χ0) is 12.3. The van der Waals surface area contributed by atoms with Crippen molar-refractivity contribution in [1.82, 2.24) is 15.6 Å². The van der Waals surface area contributed by atoms with Gasteiger partial charge in [-0.25, -0.2) is 0 Å². The lowest BCUT2D eigenvalue weighted by atomic mass is 10.2. The molecule has 0 saturated heterocycles. The predicted octanol–water partition coefficient (Wildman–Crippen LogP) is 3.12. The number of hydrogen-bond acceptors (Lipinski definition) is 4. The molecule has 0 aliphatic carbocycles. The molecule has 0 unspecified atom stereocenters. The highest BCUT2D eigenvalue weighted by atomic mass is 35.5. The Morgan fingerprint density at radius 3 is 2.71 bits per heavy atom. The summed E-state index contributed by atoms with van der Waals surface area (Å²) in [6.45, 7) is 5.85. The van der Waals surface area contributed by atoms with Crippen molar-refractivity contribution in [2.45, 2.75) is 13.3 Å². The van der Waals surface area contributed by atoms with Gasteiger partial charge in [-0.3, -0.25) is 5.43 Å². The van der Waals surface area contributed by atoms with Crippen LogP contribution < -0.4 is 10.9 Å². The molecule has 0 aliphatic rings. The highest BCUT2D eigenvalue weighted by Crippen LogP contribution is 2.25.